The summed E-state index contributed by atoms with van der Waals surface area (Å²) in [4.78, 5) is 0. The molecule has 33 heavy (non-hydrogen) atoms. The monoisotopic (exact) mass is 458 g/mol. The first-order chi connectivity index (χ1) is 15.4. The molecule has 0 radical (unpaired) electrons. The van der Waals surface area contributed by atoms with Gasteiger partial charge in [-0.1, -0.05) is 70.4 Å². The molecule has 0 rings (SSSR count). The molecular weight excluding hydrogens is 425 g/mol. The van der Waals surface area contributed by atoms with Gasteiger partial charge in [-0.05, 0) is 48.6 Å². The van der Waals surface area contributed by atoms with Crippen LogP contribution in [0.15, 0.2) is 133 Å². The Bertz CT molecular complexity index is 956. The third kappa shape index (κ3) is 10.2. The minimum Gasteiger partial charge on any atom is -0.487 e. The minimum atomic E-state index is -1.29. The standard InChI is InChI=1S/C28H33F3O2/c1-11-16-33-25(9)28(31)27(30)24(8)20(4)13-12-18(2)21(5)17-26(29)23(7)19(3)14-15-22(6)32-10/h11-14,17,22H,1-2,4-5,7-9,15-16H2,3,6,10H3/b13-12-,19-14+,26-17+,28-27-. The molecule has 0 aliphatic heterocycles. The predicted octanol–water partition coefficient (Wildman–Crippen LogP) is 8.42. The number of rotatable bonds is 15. The van der Waals surface area contributed by atoms with Crippen LogP contribution in [-0.4, -0.2) is 19.8 Å². The van der Waals surface area contributed by atoms with E-state index in [2.05, 4.69) is 46.1 Å². The van der Waals surface area contributed by atoms with Gasteiger partial charge >= 0.3 is 0 Å². The first-order valence-electron chi connectivity index (χ1n) is 10.1. The molecule has 0 amide bonds. The summed E-state index contributed by atoms with van der Waals surface area (Å²) in [5, 5.41) is 0. The van der Waals surface area contributed by atoms with E-state index < -0.39 is 23.2 Å². The molecule has 0 aromatic heterocycles. The summed E-state index contributed by atoms with van der Waals surface area (Å²) >= 11 is 0. The number of hydrogen-bond acceptors (Lipinski definition) is 2. The molecule has 0 saturated heterocycles. The van der Waals surface area contributed by atoms with Crippen molar-refractivity contribution >= 4 is 0 Å². The molecule has 1 unspecified atom stereocenters. The Balaban J connectivity index is 5.25. The van der Waals surface area contributed by atoms with Crippen molar-refractivity contribution in [3.63, 3.8) is 0 Å². The average Bonchev–Trinajstić information content (AvgIpc) is 2.81. The van der Waals surface area contributed by atoms with Crippen molar-refractivity contribution in [3.05, 3.63) is 133 Å². The van der Waals surface area contributed by atoms with Gasteiger partial charge in [-0.2, -0.15) is 4.39 Å². The van der Waals surface area contributed by atoms with E-state index in [-0.39, 0.29) is 35.0 Å². The highest BCUT2D eigenvalue weighted by Gasteiger charge is 2.15. The SMILES string of the molecule is C=CCOC(=C)/C(F)=C(/F)C(=C)C(=C)/C=C\C(=C)C(=C)/C=C(/F)C(=C)/C(C)=C/CC(C)OC. The molecule has 0 heterocycles. The van der Waals surface area contributed by atoms with E-state index in [1.54, 1.807) is 14.0 Å². The van der Waals surface area contributed by atoms with Crippen LogP contribution in [0.1, 0.15) is 20.3 Å². The third-order valence-electron chi connectivity index (χ3n) is 4.59. The topological polar surface area (TPSA) is 18.5 Å². The fraction of sp³-hybridized carbons (Fsp3) is 0.214. The van der Waals surface area contributed by atoms with Crippen LogP contribution in [-0.2, 0) is 9.47 Å². The lowest BCUT2D eigenvalue weighted by molar-refractivity contribution is 0.121. The summed E-state index contributed by atoms with van der Waals surface area (Å²) in [6, 6.07) is 0. The van der Waals surface area contributed by atoms with Crippen LogP contribution in [0.5, 0.6) is 0 Å². The van der Waals surface area contributed by atoms with Gasteiger partial charge in [0, 0.05) is 18.3 Å². The van der Waals surface area contributed by atoms with E-state index in [0.717, 1.165) is 0 Å². The zero-order valence-electron chi connectivity index (χ0n) is 19.8. The van der Waals surface area contributed by atoms with Crippen LogP contribution >= 0.6 is 0 Å². The van der Waals surface area contributed by atoms with E-state index in [9.17, 15) is 13.2 Å². The van der Waals surface area contributed by atoms with Gasteiger partial charge in [-0.15, -0.1) is 0 Å². The second-order valence-electron chi connectivity index (χ2n) is 7.18. The first-order valence-corrected chi connectivity index (χ1v) is 10.1. The molecule has 0 aromatic carbocycles. The van der Waals surface area contributed by atoms with Gasteiger partial charge in [0.05, 0.1) is 6.10 Å². The highest BCUT2D eigenvalue weighted by molar-refractivity contribution is 5.53. The van der Waals surface area contributed by atoms with Crippen LogP contribution in [0.2, 0.25) is 0 Å². The number of ether oxygens (including phenoxy) is 2. The Morgan fingerprint density at radius 3 is 2.00 bits per heavy atom. The maximum absolute atomic E-state index is 14.6. The quantitative estimate of drug-likeness (QED) is 0.139. The number of methoxy groups -OCH3 is 1. The van der Waals surface area contributed by atoms with Crippen molar-refractivity contribution in [2.75, 3.05) is 13.7 Å². The zero-order chi connectivity index (χ0) is 25.7. The lowest BCUT2D eigenvalue weighted by Gasteiger charge is -2.09. The van der Waals surface area contributed by atoms with Crippen molar-refractivity contribution < 1.29 is 22.6 Å². The fourth-order valence-corrected chi connectivity index (χ4v) is 2.11. The molecule has 0 spiro atoms. The van der Waals surface area contributed by atoms with Crippen molar-refractivity contribution in [1.82, 2.24) is 0 Å². The summed E-state index contributed by atoms with van der Waals surface area (Å²) in [5.41, 5.74) is 1.28. The van der Waals surface area contributed by atoms with E-state index in [4.69, 9.17) is 9.47 Å². The summed E-state index contributed by atoms with van der Waals surface area (Å²) in [6.45, 7) is 28.9. The highest BCUT2D eigenvalue weighted by Crippen LogP contribution is 2.28. The first kappa shape index (κ1) is 29.7. The van der Waals surface area contributed by atoms with Crippen LogP contribution in [0.25, 0.3) is 0 Å². The smallest absolute Gasteiger partial charge is 0.200 e. The Hall–Kier alpha value is -3.31. The second-order valence-corrected chi connectivity index (χ2v) is 7.18. The van der Waals surface area contributed by atoms with Crippen LogP contribution in [0.4, 0.5) is 13.2 Å². The van der Waals surface area contributed by atoms with E-state index in [1.165, 1.54) is 24.3 Å². The Kier molecular flexibility index (Phi) is 13.2. The van der Waals surface area contributed by atoms with Crippen LogP contribution in [0, 0.1) is 0 Å². The summed E-state index contributed by atoms with van der Waals surface area (Å²) < 4.78 is 53.0. The van der Waals surface area contributed by atoms with E-state index >= 15 is 0 Å². The average molecular weight is 459 g/mol. The second kappa shape index (κ2) is 14.7. The van der Waals surface area contributed by atoms with E-state index in [0.29, 0.717) is 17.6 Å². The summed E-state index contributed by atoms with van der Waals surface area (Å²) in [7, 11) is 1.60. The highest BCUT2D eigenvalue weighted by atomic mass is 19.2. The van der Waals surface area contributed by atoms with Crippen molar-refractivity contribution in [1.29, 1.82) is 0 Å². The van der Waals surface area contributed by atoms with Crippen molar-refractivity contribution in [2.45, 2.75) is 26.4 Å². The van der Waals surface area contributed by atoms with Crippen LogP contribution in [0.3, 0.4) is 0 Å². The number of hydrogen-bond donors (Lipinski definition) is 0. The molecule has 178 valence electrons. The molecule has 2 nitrogen and oxygen atoms in total. The Morgan fingerprint density at radius 2 is 1.45 bits per heavy atom. The van der Waals surface area contributed by atoms with E-state index in [1.807, 2.05) is 13.0 Å². The molecule has 0 aromatic rings. The van der Waals surface area contributed by atoms with Gasteiger partial charge in [0.15, 0.2) is 11.6 Å². The summed E-state index contributed by atoms with van der Waals surface area (Å²) in [6.07, 6.45) is 7.86. The number of halogens is 3. The Labute approximate surface area is 196 Å². The lowest BCUT2D eigenvalue weighted by atomic mass is 10.0. The van der Waals surface area contributed by atoms with Crippen molar-refractivity contribution in [2.24, 2.45) is 0 Å². The van der Waals surface area contributed by atoms with Gasteiger partial charge in [0.2, 0.25) is 5.83 Å². The molecule has 0 aliphatic rings. The number of allylic oxidation sites excluding steroid dienone is 12. The Morgan fingerprint density at radius 1 is 0.879 bits per heavy atom. The van der Waals surface area contributed by atoms with Gasteiger partial charge in [0.1, 0.15) is 12.4 Å². The zero-order valence-corrected chi connectivity index (χ0v) is 19.8. The van der Waals surface area contributed by atoms with Crippen LogP contribution < -0.4 is 0 Å². The molecule has 0 fully saturated rings. The fourth-order valence-electron chi connectivity index (χ4n) is 2.11. The molecule has 0 saturated carbocycles. The maximum Gasteiger partial charge on any atom is 0.200 e. The van der Waals surface area contributed by atoms with Gasteiger partial charge in [0.25, 0.3) is 0 Å². The molecule has 0 aliphatic carbocycles. The van der Waals surface area contributed by atoms with Gasteiger partial charge in [-0.3, -0.25) is 0 Å². The third-order valence-corrected chi connectivity index (χ3v) is 4.59. The molecular formula is C28H33F3O2. The molecule has 0 bridgehead atoms. The van der Waals surface area contributed by atoms with Gasteiger partial charge < -0.3 is 9.47 Å². The lowest BCUT2D eigenvalue weighted by Crippen LogP contribution is -2.02. The normalized spacial score (nSPS) is 13.8. The predicted molar refractivity (Wildman–Crippen MR) is 133 cm³/mol. The maximum atomic E-state index is 14.6. The molecule has 1 atom stereocenters. The minimum absolute atomic E-state index is 0.00779. The molecule has 5 heteroatoms. The largest absolute Gasteiger partial charge is 0.487 e. The van der Waals surface area contributed by atoms with Crippen molar-refractivity contribution in [3.8, 4) is 0 Å². The van der Waals surface area contributed by atoms with Gasteiger partial charge in [-0.25, -0.2) is 8.78 Å². The summed E-state index contributed by atoms with van der Waals surface area (Å²) in [5.74, 6) is -3.59. The molecule has 0 N–H and O–H groups in total.